The second-order valence-electron chi connectivity index (χ2n) is 7.54. The largest absolute Gasteiger partial charge is 0.395 e. The maximum Gasteiger partial charge on any atom is 0.150 e. The van der Waals surface area contributed by atoms with Crippen LogP contribution < -0.4 is 4.90 Å². The van der Waals surface area contributed by atoms with Crippen LogP contribution in [-0.4, -0.2) is 58.3 Å². The highest BCUT2D eigenvalue weighted by Gasteiger charge is 2.47. The second-order valence-corrected chi connectivity index (χ2v) is 8.46. The summed E-state index contributed by atoms with van der Waals surface area (Å²) in [6, 6.07) is 3.06. The van der Waals surface area contributed by atoms with E-state index in [0.717, 1.165) is 24.4 Å². The van der Waals surface area contributed by atoms with Crippen molar-refractivity contribution < 1.29 is 5.11 Å². The van der Waals surface area contributed by atoms with Gasteiger partial charge in [0.2, 0.25) is 0 Å². The Kier molecular flexibility index (Phi) is 3.72. The Bertz CT molecular complexity index is 721. The van der Waals surface area contributed by atoms with Crippen LogP contribution in [0.15, 0.2) is 17.8 Å². The van der Waals surface area contributed by atoms with Crippen LogP contribution in [0.5, 0.6) is 0 Å². The van der Waals surface area contributed by atoms with Crippen LogP contribution in [0.2, 0.25) is 0 Å². The Morgan fingerprint density at radius 1 is 1.21 bits per heavy atom. The lowest BCUT2D eigenvalue weighted by Crippen LogP contribution is -2.64. The number of hydrogen-bond donors (Lipinski definition) is 1. The first kappa shape index (κ1) is 15.0. The first-order valence-electron chi connectivity index (χ1n) is 9.15. The van der Waals surface area contributed by atoms with E-state index in [4.69, 9.17) is 0 Å². The average molecular weight is 344 g/mol. The van der Waals surface area contributed by atoms with E-state index in [-0.39, 0.29) is 0 Å². The predicted molar refractivity (Wildman–Crippen MR) is 96.4 cm³/mol. The molecule has 0 aromatic carbocycles. The summed E-state index contributed by atoms with van der Waals surface area (Å²) in [4.78, 5) is 14.1. The number of piperidine rings is 3. The fraction of sp³-hybridized carbons (Fsp3) is 0.667. The van der Waals surface area contributed by atoms with Crippen LogP contribution in [0.25, 0.3) is 10.2 Å². The third-order valence-corrected chi connectivity index (χ3v) is 7.23. The zero-order chi connectivity index (χ0) is 16.1. The van der Waals surface area contributed by atoms with Crippen LogP contribution in [-0.2, 0) is 0 Å². The van der Waals surface area contributed by atoms with Gasteiger partial charge in [-0.15, -0.1) is 11.3 Å². The van der Waals surface area contributed by atoms with Gasteiger partial charge >= 0.3 is 0 Å². The van der Waals surface area contributed by atoms with E-state index >= 15 is 0 Å². The molecule has 0 spiro atoms. The number of rotatable bonds is 2. The van der Waals surface area contributed by atoms with Crippen LogP contribution in [0, 0.1) is 11.8 Å². The lowest BCUT2D eigenvalue weighted by atomic mass is 9.72. The summed E-state index contributed by atoms with van der Waals surface area (Å²) in [5.74, 6) is 2.36. The molecule has 5 nitrogen and oxygen atoms in total. The van der Waals surface area contributed by atoms with E-state index in [1.54, 1.807) is 17.7 Å². The first-order chi connectivity index (χ1) is 11.8. The van der Waals surface area contributed by atoms with E-state index in [2.05, 4.69) is 31.2 Å². The fourth-order valence-electron chi connectivity index (χ4n) is 5.33. The lowest BCUT2D eigenvalue weighted by molar-refractivity contribution is -0.0518. The molecule has 5 heterocycles. The summed E-state index contributed by atoms with van der Waals surface area (Å²) < 4.78 is 1.21. The number of aliphatic hydroxyl groups excluding tert-OH is 1. The van der Waals surface area contributed by atoms with Gasteiger partial charge in [0.25, 0.3) is 0 Å². The van der Waals surface area contributed by atoms with E-state index in [0.29, 0.717) is 30.5 Å². The van der Waals surface area contributed by atoms with E-state index in [1.807, 2.05) is 0 Å². The Morgan fingerprint density at radius 2 is 2.12 bits per heavy atom. The van der Waals surface area contributed by atoms with Crippen LogP contribution in [0.3, 0.4) is 0 Å². The van der Waals surface area contributed by atoms with Crippen molar-refractivity contribution in [1.82, 2.24) is 14.9 Å². The molecule has 4 atom stereocenters. The van der Waals surface area contributed by atoms with Gasteiger partial charge < -0.3 is 10.0 Å². The molecule has 6 heteroatoms. The maximum absolute atomic E-state index is 10.1. The molecule has 3 aliphatic heterocycles. The molecule has 1 N–H and O–H groups in total. The maximum atomic E-state index is 10.1. The van der Waals surface area contributed by atoms with Gasteiger partial charge in [-0.2, -0.15) is 0 Å². The zero-order valence-electron chi connectivity index (χ0n) is 13.8. The molecule has 3 fully saturated rings. The summed E-state index contributed by atoms with van der Waals surface area (Å²) >= 11 is 1.74. The molecule has 0 saturated carbocycles. The summed E-state index contributed by atoms with van der Waals surface area (Å²) in [6.07, 6.45) is 6.88. The van der Waals surface area contributed by atoms with Crippen molar-refractivity contribution in [3.8, 4) is 0 Å². The molecule has 0 aliphatic carbocycles. The quantitative estimate of drug-likeness (QED) is 0.906. The lowest BCUT2D eigenvalue weighted by Gasteiger charge is -2.56. The Balaban J connectivity index is 1.50. The summed E-state index contributed by atoms with van der Waals surface area (Å²) in [5.41, 5.74) is 1.05. The number of hydrogen-bond acceptors (Lipinski definition) is 6. The molecule has 24 heavy (non-hydrogen) atoms. The monoisotopic (exact) mass is 344 g/mol. The molecule has 2 aromatic rings. The third kappa shape index (κ3) is 2.27. The summed E-state index contributed by atoms with van der Waals surface area (Å²) in [5, 5.41) is 12.2. The van der Waals surface area contributed by atoms with Gasteiger partial charge in [0, 0.05) is 25.2 Å². The molecule has 0 amide bonds. The molecule has 128 valence electrons. The Labute approximate surface area is 146 Å². The molecule has 2 aromatic heterocycles. The van der Waals surface area contributed by atoms with Gasteiger partial charge in [0.1, 0.15) is 12.1 Å². The SMILES string of the molecule is OC[C@H]1[C@H]2C[C@H](CN(c3ncnc4ccsc34)C2)[C@@H]2CCCCN12. The molecule has 5 rings (SSSR count). The third-order valence-electron chi connectivity index (χ3n) is 6.33. The predicted octanol–water partition coefficient (Wildman–Crippen LogP) is 2.36. The van der Waals surface area contributed by atoms with Crippen molar-refractivity contribution in [2.24, 2.45) is 11.8 Å². The minimum Gasteiger partial charge on any atom is -0.395 e. The van der Waals surface area contributed by atoms with Crippen LogP contribution >= 0.6 is 11.3 Å². The number of nitrogens with zero attached hydrogens (tertiary/aromatic N) is 4. The van der Waals surface area contributed by atoms with Crippen molar-refractivity contribution in [3.05, 3.63) is 17.8 Å². The first-order valence-corrected chi connectivity index (χ1v) is 10.0. The topological polar surface area (TPSA) is 52.5 Å². The number of fused-ring (bicyclic) bond motifs is 5. The Hall–Kier alpha value is -1.24. The van der Waals surface area contributed by atoms with Gasteiger partial charge in [0.05, 0.1) is 16.8 Å². The molecular formula is C18H24N4OS. The highest BCUT2D eigenvalue weighted by molar-refractivity contribution is 7.17. The van der Waals surface area contributed by atoms with E-state index in [9.17, 15) is 5.11 Å². The highest BCUT2D eigenvalue weighted by Crippen LogP contribution is 2.42. The zero-order valence-corrected chi connectivity index (χ0v) is 14.7. The van der Waals surface area contributed by atoms with Gasteiger partial charge in [-0.3, -0.25) is 4.90 Å². The fourth-order valence-corrected chi connectivity index (χ4v) is 6.19. The van der Waals surface area contributed by atoms with Crippen LogP contribution in [0.4, 0.5) is 5.82 Å². The molecule has 3 saturated heterocycles. The van der Waals surface area contributed by atoms with Gasteiger partial charge in [-0.25, -0.2) is 9.97 Å². The summed E-state index contributed by atoms with van der Waals surface area (Å²) in [6.45, 7) is 3.57. The second kappa shape index (κ2) is 5.93. The molecule has 3 aliphatic rings. The summed E-state index contributed by atoms with van der Waals surface area (Å²) in [7, 11) is 0. The number of anilines is 1. The van der Waals surface area contributed by atoms with Crippen molar-refractivity contribution in [2.75, 3.05) is 31.1 Å². The molecular weight excluding hydrogens is 320 g/mol. The van der Waals surface area contributed by atoms with Gasteiger partial charge in [-0.1, -0.05) is 6.42 Å². The van der Waals surface area contributed by atoms with Gasteiger partial charge in [0.15, 0.2) is 0 Å². The minimum absolute atomic E-state index is 0.292. The van der Waals surface area contributed by atoms with Crippen molar-refractivity contribution in [3.63, 3.8) is 0 Å². The van der Waals surface area contributed by atoms with Crippen molar-refractivity contribution in [1.29, 1.82) is 0 Å². The standard InChI is InChI=1S/C18H24N4OS/c23-10-16-13-7-12(15-3-1-2-5-22(15)16)8-21(9-13)18-17-14(4-6-24-17)19-11-20-18/h4,6,11-13,15-16,23H,1-3,5,7-10H2/t12-,13+,15+,16+/m1/s1. The highest BCUT2D eigenvalue weighted by atomic mass is 32.1. The molecule has 0 unspecified atom stereocenters. The number of thiophene rings is 1. The minimum atomic E-state index is 0.292. The Morgan fingerprint density at radius 3 is 3.04 bits per heavy atom. The van der Waals surface area contributed by atoms with E-state index < -0.39 is 0 Å². The molecule has 2 bridgehead atoms. The smallest absolute Gasteiger partial charge is 0.150 e. The van der Waals surface area contributed by atoms with E-state index in [1.165, 1.54) is 36.9 Å². The van der Waals surface area contributed by atoms with Gasteiger partial charge in [-0.05, 0) is 49.1 Å². The number of aliphatic hydroxyl groups is 1. The van der Waals surface area contributed by atoms with Crippen LogP contribution in [0.1, 0.15) is 25.7 Å². The normalized spacial score (nSPS) is 33.6. The van der Waals surface area contributed by atoms with Crippen molar-refractivity contribution >= 4 is 27.4 Å². The average Bonchev–Trinajstić information content (AvgIpc) is 3.11. The number of aromatic nitrogens is 2. The van der Waals surface area contributed by atoms with Crippen molar-refractivity contribution in [2.45, 2.75) is 37.8 Å². The molecule has 0 radical (unpaired) electrons.